The third-order valence-corrected chi connectivity index (χ3v) is 3.72. The zero-order valence-corrected chi connectivity index (χ0v) is 13.2. The summed E-state index contributed by atoms with van der Waals surface area (Å²) in [5.74, 6) is 1.49. The molecule has 0 saturated heterocycles. The van der Waals surface area contributed by atoms with Crippen LogP contribution < -0.4 is 5.32 Å². The Balaban J connectivity index is 3.06. The average molecular weight is 263 g/mol. The van der Waals surface area contributed by atoms with E-state index in [0.29, 0.717) is 5.92 Å². The lowest BCUT2D eigenvalue weighted by Crippen LogP contribution is -2.19. The molecule has 1 atom stereocenters. The molecule has 0 saturated carbocycles. The monoisotopic (exact) mass is 263 g/mol. The Hall–Kier alpha value is -0.960. The van der Waals surface area contributed by atoms with Crippen molar-refractivity contribution in [1.82, 2.24) is 15.3 Å². The standard InChI is InChI=1S/C16H29N3/c1-6-12(5)16-18-14(7-2)13(10-11-17-9-4)15(8-3)19-16/h12,17H,6-11H2,1-5H3. The van der Waals surface area contributed by atoms with Crippen LogP contribution >= 0.6 is 0 Å². The largest absolute Gasteiger partial charge is 0.317 e. The van der Waals surface area contributed by atoms with Crippen molar-refractivity contribution < 1.29 is 0 Å². The topological polar surface area (TPSA) is 37.8 Å². The molecule has 1 heterocycles. The predicted molar refractivity (Wildman–Crippen MR) is 81.7 cm³/mol. The van der Waals surface area contributed by atoms with Crippen LogP contribution in [-0.2, 0) is 19.3 Å². The van der Waals surface area contributed by atoms with Gasteiger partial charge in [0, 0.05) is 17.3 Å². The molecular formula is C16H29N3. The van der Waals surface area contributed by atoms with Gasteiger partial charge in [0.25, 0.3) is 0 Å². The lowest BCUT2D eigenvalue weighted by atomic mass is 10.0. The minimum atomic E-state index is 0.457. The second-order valence-electron chi connectivity index (χ2n) is 5.07. The van der Waals surface area contributed by atoms with Crippen LogP contribution in [0.15, 0.2) is 0 Å². The minimum absolute atomic E-state index is 0.457. The summed E-state index contributed by atoms with van der Waals surface area (Å²) >= 11 is 0. The van der Waals surface area contributed by atoms with Gasteiger partial charge in [0.15, 0.2) is 0 Å². The molecule has 0 aliphatic carbocycles. The molecule has 19 heavy (non-hydrogen) atoms. The number of aryl methyl sites for hydroxylation is 2. The second kappa shape index (κ2) is 8.26. The molecule has 108 valence electrons. The predicted octanol–water partition coefficient (Wildman–Crippen LogP) is 3.27. The van der Waals surface area contributed by atoms with E-state index < -0.39 is 0 Å². The summed E-state index contributed by atoms with van der Waals surface area (Å²) in [6.07, 6.45) is 4.14. The SMILES string of the molecule is CCNCCc1c(CC)nc(C(C)CC)nc1CC. The van der Waals surface area contributed by atoms with Crippen LogP contribution in [0, 0.1) is 0 Å². The molecule has 0 aliphatic rings. The van der Waals surface area contributed by atoms with Crippen molar-refractivity contribution in [2.45, 2.75) is 66.2 Å². The summed E-state index contributed by atoms with van der Waals surface area (Å²) in [5.41, 5.74) is 3.87. The maximum Gasteiger partial charge on any atom is 0.131 e. The van der Waals surface area contributed by atoms with Gasteiger partial charge in [-0.1, -0.05) is 34.6 Å². The summed E-state index contributed by atoms with van der Waals surface area (Å²) in [7, 11) is 0. The van der Waals surface area contributed by atoms with E-state index in [1.807, 2.05) is 0 Å². The van der Waals surface area contributed by atoms with Gasteiger partial charge in [-0.15, -0.1) is 0 Å². The molecule has 0 aromatic carbocycles. The first kappa shape index (κ1) is 16.1. The average Bonchev–Trinajstić information content (AvgIpc) is 2.46. The first-order valence-corrected chi connectivity index (χ1v) is 7.76. The Bertz CT molecular complexity index is 363. The maximum absolute atomic E-state index is 4.81. The van der Waals surface area contributed by atoms with Crippen LogP contribution in [0.5, 0.6) is 0 Å². The first-order valence-electron chi connectivity index (χ1n) is 7.76. The third-order valence-electron chi connectivity index (χ3n) is 3.72. The number of rotatable bonds is 8. The number of hydrogen-bond acceptors (Lipinski definition) is 3. The Morgan fingerprint density at radius 3 is 2.00 bits per heavy atom. The van der Waals surface area contributed by atoms with E-state index in [1.165, 1.54) is 17.0 Å². The van der Waals surface area contributed by atoms with Crippen molar-refractivity contribution in [3.63, 3.8) is 0 Å². The van der Waals surface area contributed by atoms with Crippen molar-refractivity contribution in [3.8, 4) is 0 Å². The molecule has 3 heteroatoms. The maximum atomic E-state index is 4.81. The molecule has 1 rings (SSSR count). The third kappa shape index (κ3) is 4.27. The molecule has 0 spiro atoms. The molecular weight excluding hydrogens is 234 g/mol. The molecule has 0 bridgehead atoms. The Morgan fingerprint density at radius 2 is 1.58 bits per heavy atom. The van der Waals surface area contributed by atoms with Gasteiger partial charge in [0.1, 0.15) is 5.82 Å². The van der Waals surface area contributed by atoms with Crippen LogP contribution in [0.25, 0.3) is 0 Å². The molecule has 1 unspecified atom stereocenters. The lowest BCUT2D eigenvalue weighted by molar-refractivity contribution is 0.649. The smallest absolute Gasteiger partial charge is 0.131 e. The van der Waals surface area contributed by atoms with E-state index in [1.54, 1.807) is 0 Å². The van der Waals surface area contributed by atoms with Crippen molar-refractivity contribution >= 4 is 0 Å². The van der Waals surface area contributed by atoms with E-state index >= 15 is 0 Å². The van der Waals surface area contributed by atoms with E-state index in [4.69, 9.17) is 9.97 Å². The van der Waals surface area contributed by atoms with E-state index in [-0.39, 0.29) is 0 Å². The summed E-state index contributed by atoms with van der Waals surface area (Å²) in [5, 5.41) is 3.39. The van der Waals surface area contributed by atoms with Crippen LogP contribution in [0.1, 0.15) is 69.7 Å². The normalized spacial score (nSPS) is 12.7. The molecule has 1 N–H and O–H groups in total. The molecule has 0 radical (unpaired) electrons. The Kier molecular flexibility index (Phi) is 7.00. The number of nitrogens with one attached hydrogen (secondary N) is 1. The quantitative estimate of drug-likeness (QED) is 0.732. The van der Waals surface area contributed by atoms with Gasteiger partial charge >= 0.3 is 0 Å². The van der Waals surface area contributed by atoms with Gasteiger partial charge in [0.2, 0.25) is 0 Å². The highest BCUT2D eigenvalue weighted by Gasteiger charge is 2.14. The van der Waals surface area contributed by atoms with E-state index in [0.717, 1.165) is 44.6 Å². The molecule has 1 aromatic rings. The number of likely N-dealkylation sites (N-methyl/N-ethyl adjacent to an activating group) is 1. The van der Waals surface area contributed by atoms with Gasteiger partial charge in [-0.25, -0.2) is 9.97 Å². The van der Waals surface area contributed by atoms with Crippen molar-refractivity contribution in [1.29, 1.82) is 0 Å². The van der Waals surface area contributed by atoms with Gasteiger partial charge in [-0.2, -0.15) is 0 Å². The molecule has 0 fully saturated rings. The highest BCUT2D eigenvalue weighted by atomic mass is 14.9. The highest BCUT2D eigenvalue weighted by Crippen LogP contribution is 2.20. The molecule has 0 amide bonds. The first-order chi connectivity index (χ1) is 9.17. The Labute approximate surface area is 118 Å². The van der Waals surface area contributed by atoms with Gasteiger partial charge in [-0.05, 0) is 44.3 Å². The number of hydrogen-bond donors (Lipinski definition) is 1. The summed E-state index contributed by atoms with van der Waals surface area (Å²) in [6, 6.07) is 0. The molecule has 3 nitrogen and oxygen atoms in total. The molecule has 1 aromatic heterocycles. The second-order valence-corrected chi connectivity index (χ2v) is 5.07. The zero-order valence-electron chi connectivity index (χ0n) is 13.2. The van der Waals surface area contributed by atoms with Crippen LogP contribution in [-0.4, -0.2) is 23.1 Å². The fraction of sp³-hybridized carbons (Fsp3) is 0.750. The Morgan fingerprint density at radius 1 is 1.00 bits per heavy atom. The fourth-order valence-corrected chi connectivity index (χ4v) is 2.27. The summed E-state index contributed by atoms with van der Waals surface area (Å²) in [6.45, 7) is 13.0. The van der Waals surface area contributed by atoms with Crippen LogP contribution in [0.2, 0.25) is 0 Å². The molecule has 0 aliphatic heterocycles. The summed E-state index contributed by atoms with van der Waals surface area (Å²) in [4.78, 5) is 9.62. The highest BCUT2D eigenvalue weighted by molar-refractivity contribution is 5.27. The number of aromatic nitrogens is 2. The van der Waals surface area contributed by atoms with Gasteiger partial charge in [0.05, 0.1) is 0 Å². The van der Waals surface area contributed by atoms with Gasteiger partial charge in [-0.3, -0.25) is 0 Å². The fourth-order valence-electron chi connectivity index (χ4n) is 2.27. The van der Waals surface area contributed by atoms with Crippen LogP contribution in [0.3, 0.4) is 0 Å². The lowest BCUT2D eigenvalue weighted by Gasteiger charge is -2.16. The van der Waals surface area contributed by atoms with Crippen molar-refractivity contribution in [3.05, 3.63) is 22.8 Å². The zero-order chi connectivity index (χ0) is 14.3. The van der Waals surface area contributed by atoms with Crippen molar-refractivity contribution in [2.24, 2.45) is 0 Å². The van der Waals surface area contributed by atoms with Crippen LogP contribution in [0.4, 0.5) is 0 Å². The summed E-state index contributed by atoms with van der Waals surface area (Å²) < 4.78 is 0. The van der Waals surface area contributed by atoms with Crippen molar-refractivity contribution in [2.75, 3.05) is 13.1 Å². The van der Waals surface area contributed by atoms with E-state index in [2.05, 4.69) is 39.9 Å². The van der Waals surface area contributed by atoms with Gasteiger partial charge < -0.3 is 5.32 Å². The van der Waals surface area contributed by atoms with E-state index in [9.17, 15) is 0 Å². The minimum Gasteiger partial charge on any atom is -0.317 e. The number of nitrogens with zero attached hydrogens (tertiary/aromatic N) is 2.